The first-order chi connectivity index (χ1) is 7.79. The van der Waals surface area contributed by atoms with Crippen molar-refractivity contribution in [2.75, 3.05) is 0 Å². The summed E-state index contributed by atoms with van der Waals surface area (Å²) in [5.41, 5.74) is 0.121. The van der Waals surface area contributed by atoms with Crippen LogP contribution in [0.2, 0.25) is 5.02 Å². The first kappa shape index (κ1) is 13.4. The van der Waals surface area contributed by atoms with Gasteiger partial charge in [0.15, 0.2) is 0 Å². The number of benzene rings is 1. The van der Waals surface area contributed by atoms with Gasteiger partial charge in [-0.3, -0.25) is 0 Å². The molecule has 17 heavy (non-hydrogen) atoms. The first-order valence-corrected chi connectivity index (χ1v) is 4.62. The highest BCUT2D eigenvalue weighted by molar-refractivity contribution is 6.33. The van der Waals surface area contributed by atoms with Gasteiger partial charge < -0.3 is 9.84 Å². The third kappa shape index (κ3) is 4.36. The molecule has 0 spiro atoms. The van der Waals surface area contributed by atoms with Crippen LogP contribution in [0.1, 0.15) is 5.56 Å². The molecule has 0 aliphatic heterocycles. The quantitative estimate of drug-likeness (QED) is 0.854. The number of ether oxygens (including phenoxy) is 1. The van der Waals surface area contributed by atoms with Gasteiger partial charge in [-0.1, -0.05) is 23.7 Å². The molecule has 1 rings (SSSR count). The van der Waals surface area contributed by atoms with Gasteiger partial charge in [-0.2, -0.15) is 0 Å². The predicted octanol–water partition coefficient (Wildman–Crippen LogP) is 3.34. The van der Waals surface area contributed by atoms with Crippen LogP contribution < -0.4 is 4.74 Å². The van der Waals surface area contributed by atoms with E-state index >= 15 is 0 Å². The zero-order valence-electron chi connectivity index (χ0n) is 8.16. The predicted molar refractivity (Wildman–Crippen MR) is 54.8 cm³/mol. The number of carboxylic acid groups (broad SMARTS) is 1. The molecule has 0 bridgehead atoms. The van der Waals surface area contributed by atoms with Crippen LogP contribution in [0.5, 0.6) is 5.75 Å². The fourth-order valence-electron chi connectivity index (χ4n) is 1.02. The summed E-state index contributed by atoms with van der Waals surface area (Å²) in [4.78, 5) is 10.3. The largest absolute Gasteiger partial charge is 0.573 e. The van der Waals surface area contributed by atoms with Crippen molar-refractivity contribution in [2.45, 2.75) is 6.36 Å². The Morgan fingerprint density at radius 3 is 2.59 bits per heavy atom. The molecule has 0 heterocycles. The standard InChI is InChI=1S/C10H6ClF3O3/c11-9-6(4-5-8(15)16)2-1-3-7(9)17-10(12,13)14/h1-5H,(H,15,16). The maximum Gasteiger partial charge on any atom is 0.573 e. The summed E-state index contributed by atoms with van der Waals surface area (Å²) in [6.07, 6.45) is -3.01. The minimum atomic E-state index is -4.85. The monoisotopic (exact) mass is 266 g/mol. The molecule has 7 heteroatoms. The van der Waals surface area contributed by atoms with Crippen molar-refractivity contribution < 1.29 is 27.8 Å². The van der Waals surface area contributed by atoms with Gasteiger partial charge in [-0.25, -0.2) is 4.79 Å². The van der Waals surface area contributed by atoms with Crippen LogP contribution in [0.15, 0.2) is 24.3 Å². The molecule has 0 fully saturated rings. The number of halogens is 4. The third-order valence-electron chi connectivity index (χ3n) is 1.62. The lowest BCUT2D eigenvalue weighted by molar-refractivity contribution is -0.274. The Morgan fingerprint density at radius 2 is 2.06 bits per heavy atom. The molecule has 0 atom stereocenters. The Bertz CT molecular complexity index is 455. The number of carbonyl (C=O) groups is 1. The van der Waals surface area contributed by atoms with E-state index in [0.29, 0.717) is 0 Å². The highest BCUT2D eigenvalue weighted by Gasteiger charge is 2.32. The van der Waals surface area contributed by atoms with Crippen LogP contribution in [0.25, 0.3) is 6.08 Å². The summed E-state index contributed by atoms with van der Waals surface area (Å²) < 4.78 is 39.6. The molecule has 0 radical (unpaired) electrons. The lowest BCUT2D eigenvalue weighted by atomic mass is 10.2. The van der Waals surface area contributed by atoms with Crippen LogP contribution in [-0.2, 0) is 4.79 Å². The maximum absolute atomic E-state index is 12.0. The minimum Gasteiger partial charge on any atom is -0.478 e. The summed E-state index contributed by atoms with van der Waals surface area (Å²) in [6, 6.07) is 3.67. The van der Waals surface area contributed by atoms with E-state index in [1.54, 1.807) is 0 Å². The Balaban J connectivity index is 3.03. The van der Waals surface area contributed by atoms with Gasteiger partial charge in [0, 0.05) is 6.08 Å². The molecule has 1 aromatic carbocycles. The number of aliphatic carboxylic acids is 1. The van der Waals surface area contributed by atoms with Crippen LogP contribution in [-0.4, -0.2) is 17.4 Å². The summed E-state index contributed by atoms with van der Waals surface area (Å²) in [5.74, 6) is -1.81. The first-order valence-electron chi connectivity index (χ1n) is 4.25. The lowest BCUT2D eigenvalue weighted by Crippen LogP contribution is -2.17. The topological polar surface area (TPSA) is 46.5 Å². The van der Waals surface area contributed by atoms with Crippen molar-refractivity contribution in [3.05, 3.63) is 34.9 Å². The molecule has 1 aromatic rings. The normalized spacial score (nSPS) is 11.8. The van der Waals surface area contributed by atoms with E-state index in [1.807, 2.05) is 0 Å². The molecule has 0 aliphatic rings. The average molecular weight is 267 g/mol. The minimum absolute atomic E-state index is 0.121. The molecule has 0 amide bonds. The maximum atomic E-state index is 12.0. The number of rotatable bonds is 3. The molecule has 3 nitrogen and oxygen atoms in total. The second-order valence-electron chi connectivity index (χ2n) is 2.88. The van der Waals surface area contributed by atoms with Gasteiger partial charge in [-0.05, 0) is 17.7 Å². The number of hydrogen-bond donors (Lipinski definition) is 1. The SMILES string of the molecule is O=C(O)C=Cc1cccc(OC(F)(F)F)c1Cl. The van der Waals surface area contributed by atoms with Crippen LogP contribution in [0.4, 0.5) is 13.2 Å². The van der Waals surface area contributed by atoms with E-state index in [2.05, 4.69) is 4.74 Å². The van der Waals surface area contributed by atoms with E-state index in [9.17, 15) is 18.0 Å². The zero-order valence-corrected chi connectivity index (χ0v) is 8.92. The summed E-state index contributed by atoms with van der Waals surface area (Å²) in [5, 5.41) is 8.08. The smallest absolute Gasteiger partial charge is 0.478 e. The van der Waals surface area contributed by atoms with Crippen molar-refractivity contribution >= 4 is 23.6 Å². The molecular weight excluding hydrogens is 261 g/mol. The summed E-state index contributed by atoms with van der Waals surface area (Å²) in [6.45, 7) is 0. The van der Waals surface area contributed by atoms with Gasteiger partial charge in [0.25, 0.3) is 0 Å². The second-order valence-corrected chi connectivity index (χ2v) is 3.26. The fraction of sp³-hybridized carbons (Fsp3) is 0.100. The molecule has 1 N–H and O–H groups in total. The Hall–Kier alpha value is -1.69. The van der Waals surface area contributed by atoms with Crippen molar-refractivity contribution in [1.29, 1.82) is 0 Å². The van der Waals surface area contributed by atoms with Crippen molar-refractivity contribution in [3.8, 4) is 5.75 Å². The molecular formula is C10H6ClF3O3. The van der Waals surface area contributed by atoms with E-state index in [4.69, 9.17) is 16.7 Å². The third-order valence-corrected chi connectivity index (χ3v) is 2.03. The van der Waals surface area contributed by atoms with Crippen LogP contribution >= 0.6 is 11.6 Å². The number of carboxylic acids is 1. The average Bonchev–Trinajstić information content (AvgIpc) is 2.17. The van der Waals surface area contributed by atoms with Crippen LogP contribution in [0.3, 0.4) is 0 Å². The molecule has 0 aliphatic carbocycles. The molecule has 0 unspecified atom stereocenters. The molecule has 0 saturated heterocycles. The Morgan fingerprint density at radius 1 is 1.41 bits per heavy atom. The van der Waals surface area contributed by atoms with E-state index < -0.39 is 18.1 Å². The Labute approximate surface area is 99.1 Å². The van der Waals surface area contributed by atoms with Gasteiger partial charge >= 0.3 is 12.3 Å². The highest BCUT2D eigenvalue weighted by atomic mass is 35.5. The van der Waals surface area contributed by atoms with E-state index in [0.717, 1.165) is 18.2 Å². The number of alkyl halides is 3. The fourth-order valence-corrected chi connectivity index (χ4v) is 1.25. The molecule has 92 valence electrons. The highest BCUT2D eigenvalue weighted by Crippen LogP contribution is 2.33. The second kappa shape index (κ2) is 5.09. The Kier molecular flexibility index (Phi) is 4.01. The van der Waals surface area contributed by atoms with Gasteiger partial charge in [0.2, 0.25) is 0 Å². The lowest BCUT2D eigenvalue weighted by Gasteiger charge is -2.11. The zero-order chi connectivity index (χ0) is 13.1. The van der Waals surface area contributed by atoms with Gasteiger partial charge in [0.05, 0.1) is 5.02 Å². The van der Waals surface area contributed by atoms with Crippen molar-refractivity contribution in [2.24, 2.45) is 0 Å². The van der Waals surface area contributed by atoms with Crippen molar-refractivity contribution in [1.82, 2.24) is 0 Å². The van der Waals surface area contributed by atoms with Crippen molar-refractivity contribution in [3.63, 3.8) is 0 Å². The van der Waals surface area contributed by atoms with Gasteiger partial charge in [-0.15, -0.1) is 13.2 Å². The van der Waals surface area contributed by atoms with E-state index in [1.165, 1.54) is 12.1 Å². The molecule has 0 saturated carbocycles. The summed E-state index contributed by atoms with van der Waals surface area (Å²) >= 11 is 5.63. The molecule has 0 aromatic heterocycles. The summed E-state index contributed by atoms with van der Waals surface area (Å²) in [7, 11) is 0. The van der Waals surface area contributed by atoms with Gasteiger partial charge in [0.1, 0.15) is 5.75 Å². The van der Waals surface area contributed by atoms with Crippen LogP contribution in [0, 0.1) is 0 Å². The van der Waals surface area contributed by atoms with E-state index in [-0.39, 0.29) is 10.6 Å². The number of hydrogen-bond acceptors (Lipinski definition) is 2.